The molecule has 16 heavy (non-hydrogen) atoms. The number of nitro groups is 1. The Bertz CT molecular complexity index is 384. The number of nitrogens with two attached hydrogens (primary N) is 1. The molecule has 1 aromatic rings. The van der Waals surface area contributed by atoms with Crippen LogP contribution in [0, 0.1) is 10.1 Å². The molecule has 0 fully saturated rings. The summed E-state index contributed by atoms with van der Waals surface area (Å²) in [5.74, 6) is 0. The number of nitro benzene ring substituents is 1. The van der Waals surface area contributed by atoms with E-state index >= 15 is 0 Å². The first-order chi connectivity index (χ1) is 7.56. The van der Waals surface area contributed by atoms with Gasteiger partial charge in [0.2, 0.25) is 0 Å². The van der Waals surface area contributed by atoms with E-state index in [0.29, 0.717) is 23.4 Å². The van der Waals surface area contributed by atoms with Crippen molar-refractivity contribution in [3.8, 4) is 0 Å². The molecule has 6 heteroatoms. The van der Waals surface area contributed by atoms with Crippen LogP contribution in [0.1, 0.15) is 24.4 Å². The second-order valence-electron chi connectivity index (χ2n) is 3.43. The number of benzene rings is 1. The van der Waals surface area contributed by atoms with Gasteiger partial charge in [0.05, 0.1) is 4.92 Å². The summed E-state index contributed by atoms with van der Waals surface area (Å²) in [5, 5.41) is 19.9. The molecule has 88 valence electrons. The molecule has 0 heterocycles. The number of hydrogen-bond donors (Lipinski definition) is 2. The molecule has 0 radical (unpaired) electrons. The molecule has 0 amide bonds. The maximum Gasteiger partial charge on any atom is 0.274 e. The van der Waals surface area contributed by atoms with E-state index in [-0.39, 0.29) is 12.3 Å². The van der Waals surface area contributed by atoms with E-state index in [4.69, 9.17) is 22.4 Å². The Morgan fingerprint density at radius 2 is 2.25 bits per heavy atom. The molecule has 0 aliphatic heterocycles. The van der Waals surface area contributed by atoms with Crippen LogP contribution in [0.25, 0.3) is 0 Å². The van der Waals surface area contributed by atoms with Crippen LogP contribution in [-0.2, 0) is 0 Å². The average molecular weight is 245 g/mol. The van der Waals surface area contributed by atoms with E-state index in [1.54, 1.807) is 0 Å². The van der Waals surface area contributed by atoms with Gasteiger partial charge in [0, 0.05) is 29.3 Å². The highest BCUT2D eigenvalue weighted by Crippen LogP contribution is 2.29. The minimum Gasteiger partial charge on any atom is -0.396 e. The molecule has 3 N–H and O–H groups in total. The average Bonchev–Trinajstić information content (AvgIpc) is 2.25. The maximum absolute atomic E-state index is 10.8. The van der Waals surface area contributed by atoms with Gasteiger partial charge in [0.15, 0.2) is 0 Å². The summed E-state index contributed by atoms with van der Waals surface area (Å²) in [6.45, 7) is 0.0159. The normalized spacial score (nSPS) is 12.4. The molecule has 1 rings (SSSR count). The number of halogens is 1. The molecule has 0 spiro atoms. The van der Waals surface area contributed by atoms with Gasteiger partial charge in [-0.3, -0.25) is 10.1 Å². The molecular formula is C10H13ClN2O3. The highest BCUT2D eigenvalue weighted by molar-refractivity contribution is 6.30. The molecule has 0 bridgehead atoms. The molecule has 5 nitrogen and oxygen atoms in total. The molecule has 0 aliphatic carbocycles. The zero-order valence-electron chi connectivity index (χ0n) is 8.60. The van der Waals surface area contributed by atoms with Crippen LogP contribution >= 0.6 is 11.6 Å². The van der Waals surface area contributed by atoms with Crippen molar-refractivity contribution in [2.45, 2.75) is 18.9 Å². The Labute approximate surface area is 98.0 Å². The first-order valence-electron chi connectivity index (χ1n) is 4.86. The third-order valence-electron chi connectivity index (χ3n) is 2.26. The Morgan fingerprint density at radius 3 is 2.81 bits per heavy atom. The number of aliphatic hydroxyl groups is 1. The molecule has 0 aromatic heterocycles. The van der Waals surface area contributed by atoms with Crippen LogP contribution < -0.4 is 5.73 Å². The lowest BCUT2D eigenvalue weighted by molar-refractivity contribution is -0.385. The number of rotatable bonds is 5. The Balaban J connectivity index is 2.99. The highest BCUT2D eigenvalue weighted by Gasteiger charge is 2.19. The monoisotopic (exact) mass is 244 g/mol. The minimum atomic E-state index is -0.482. The van der Waals surface area contributed by atoms with Crippen LogP contribution in [0.15, 0.2) is 18.2 Å². The third kappa shape index (κ3) is 3.16. The number of aliphatic hydroxyl groups excluding tert-OH is 1. The smallest absolute Gasteiger partial charge is 0.274 e. The molecule has 1 atom stereocenters. The second-order valence-corrected chi connectivity index (χ2v) is 3.87. The van der Waals surface area contributed by atoms with Gasteiger partial charge in [-0.05, 0) is 25.0 Å². The Hall–Kier alpha value is -1.17. The third-order valence-corrected chi connectivity index (χ3v) is 2.49. The van der Waals surface area contributed by atoms with Crippen molar-refractivity contribution in [1.82, 2.24) is 0 Å². The first-order valence-corrected chi connectivity index (χ1v) is 5.24. The van der Waals surface area contributed by atoms with E-state index in [1.807, 2.05) is 0 Å². The number of nitrogens with zero attached hydrogens (tertiary/aromatic N) is 1. The van der Waals surface area contributed by atoms with Gasteiger partial charge in [0.25, 0.3) is 5.69 Å². The van der Waals surface area contributed by atoms with Gasteiger partial charge in [-0.25, -0.2) is 0 Å². The highest BCUT2D eigenvalue weighted by atomic mass is 35.5. The Morgan fingerprint density at radius 1 is 1.56 bits per heavy atom. The summed E-state index contributed by atoms with van der Waals surface area (Å²) < 4.78 is 0. The van der Waals surface area contributed by atoms with Gasteiger partial charge in [0.1, 0.15) is 0 Å². The van der Waals surface area contributed by atoms with Crippen LogP contribution in [0.3, 0.4) is 0 Å². The van der Waals surface area contributed by atoms with Crippen LogP contribution in [0.2, 0.25) is 5.02 Å². The quantitative estimate of drug-likeness (QED) is 0.613. The van der Waals surface area contributed by atoms with Crippen molar-refractivity contribution < 1.29 is 10.0 Å². The largest absolute Gasteiger partial charge is 0.396 e. The van der Waals surface area contributed by atoms with Crippen molar-refractivity contribution in [3.63, 3.8) is 0 Å². The fourth-order valence-corrected chi connectivity index (χ4v) is 1.64. The Kier molecular flexibility index (Phi) is 4.67. The van der Waals surface area contributed by atoms with Gasteiger partial charge in [-0.15, -0.1) is 0 Å². The summed E-state index contributed by atoms with van der Waals surface area (Å²) >= 11 is 5.77. The molecule has 0 saturated carbocycles. The van der Waals surface area contributed by atoms with E-state index in [9.17, 15) is 10.1 Å². The van der Waals surface area contributed by atoms with Crippen molar-refractivity contribution in [3.05, 3.63) is 38.9 Å². The van der Waals surface area contributed by atoms with Gasteiger partial charge in [-0.1, -0.05) is 11.6 Å². The molecule has 1 aromatic carbocycles. The first kappa shape index (κ1) is 12.9. The topological polar surface area (TPSA) is 89.4 Å². The van der Waals surface area contributed by atoms with Crippen molar-refractivity contribution in [2.24, 2.45) is 5.73 Å². The summed E-state index contributed by atoms with van der Waals surface area (Å²) in [4.78, 5) is 10.3. The SMILES string of the molecule is N[C@@H](CCCO)c1cc(Cl)ccc1[N+](=O)[O-]. The molecule has 0 saturated heterocycles. The van der Waals surface area contributed by atoms with E-state index in [0.717, 1.165) is 0 Å². The van der Waals surface area contributed by atoms with E-state index < -0.39 is 11.0 Å². The number of hydrogen-bond acceptors (Lipinski definition) is 4. The summed E-state index contributed by atoms with van der Waals surface area (Å²) in [6.07, 6.45) is 0.989. The predicted molar refractivity (Wildman–Crippen MR) is 61.4 cm³/mol. The van der Waals surface area contributed by atoms with Crippen LogP contribution in [0.4, 0.5) is 5.69 Å². The fraction of sp³-hybridized carbons (Fsp3) is 0.400. The second kappa shape index (κ2) is 5.79. The standard InChI is InChI=1S/C10H13ClN2O3/c11-7-3-4-10(13(15)16)8(6-7)9(12)2-1-5-14/h3-4,6,9,14H,1-2,5,12H2/t9-/m0/s1. The molecule has 0 aliphatic rings. The minimum absolute atomic E-state index is 0.0159. The summed E-state index contributed by atoms with van der Waals surface area (Å²) in [6, 6.07) is 3.83. The summed E-state index contributed by atoms with van der Waals surface area (Å²) in [5.41, 5.74) is 6.19. The fourth-order valence-electron chi connectivity index (χ4n) is 1.46. The van der Waals surface area contributed by atoms with Gasteiger partial charge in [-0.2, -0.15) is 0 Å². The molecular weight excluding hydrogens is 232 g/mol. The lowest BCUT2D eigenvalue weighted by Crippen LogP contribution is -2.13. The van der Waals surface area contributed by atoms with Crippen molar-refractivity contribution in [2.75, 3.05) is 6.61 Å². The van der Waals surface area contributed by atoms with Crippen molar-refractivity contribution >= 4 is 17.3 Å². The summed E-state index contributed by atoms with van der Waals surface area (Å²) in [7, 11) is 0. The van der Waals surface area contributed by atoms with Crippen molar-refractivity contribution in [1.29, 1.82) is 0 Å². The zero-order valence-corrected chi connectivity index (χ0v) is 9.35. The van der Waals surface area contributed by atoms with E-state index in [2.05, 4.69) is 0 Å². The maximum atomic E-state index is 10.8. The van der Waals surface area contributed by atoms with E-state index in [1.165, 1.54) is 18.2 Å². The lowest BCUT2D eigenvalue weighted by atomic mass is 10.0. The zero-order chi connectivity index (χ0) is 12.1. The van der Waals surface area contributed by atoms with Gasteiger partial charge >= 0.3 is 0 Å². The predicted octanol–water partition coefficient (Wildman–Crippen LogP) is 2.02. The molecule has 0 unspecified atom stereocenters. The van der Waals surface area contributed by atoms with Crippen LogP contribution in [0.5, 0.6) is 0 Å². The van der Waals surface area contributed by atoms with Crippen LogP contribution in [-0.4, -0.2) is 16.6 Å². The lowest BCUT2D eigenvalue weighted by Gasteiger charge is -2.11. The van der Waals surface area contributed by atoms with Gasteiger partial charge < -0.3 is 10.8 Å².